The summed E-state index contributed by atoms with van der Waals surface area (Å²) in [5.41, 5.74) is 0.999. The van der Waals surface area contributed by atoms with Crippen LogP contribution in [0.25, 0.3) is 0 Å². The number of H-pyrrole nitrogens is 1. The average molecular weight is 218 g/mol. The Morgan fingerprint density at radius 3 is 3.06 bits per heavy atom. The maximum atomic E-state index is 5.04. The summed E-state index contributed by atoms with van der Waals surface area (Å²) in [6.07, 6.45) is 6.15. The van der Waals surface area contributed by atoms with E-state index in [9.17, 15) is 0 Å². The second kappa shape index (κ2) is 5.16. The van der Waals surface area contributed by atoms with Gasteiger partial charge in [-0.3, -0.25) is 0 Å². The van der Waals surface area contributed by atoms with Crippen molar-refractivity contribution < 1.29 is 4.74 Å². The lowest BCUT2D eigenvalue weighted by Crippen LogP contribution is -2.06. The molecule has 0 saturated heterocycles. The summed E-state index contributed by atoms with van der Waals surface area (Å²) >= 11 is 0. The van der Waals surface area contributed by atoms with Crippen molar-refractivity contribution in [2.45, 2.75) is 6.42 Å². The van der Waals surface area contributed by atoms with Crippen LogP contribution < -0.4 is 10.1 Å². The summed E-state index contributed by atoms with van der Waals surface area (Å²) in [5.74, 6) is 1.59. The van der Waals surface area contributed by atoms with Gasteiger partial charge in [-0.05, 0) is 6.07 Å². The summed E-state index contributed by atoms with van der Waals surface area (Å²) in [6, 6.07) is 3.77. The maximum absolute atomic E-state index is 5.04. The average Bonchev–Trinajstić information content (AvgIpc) is 2.82. The zero-order chi connectivity index (χ0) is 11.2. The molecular formula is C11H14N4O. The first-order valence-electron chi connectivity index (χ1n) is 5.10. The second-order valence-corrected chi connectivity index (χ2v) is 3.30. The van der Waals surface area contributed by atoms with E-state index in [0.29, 0.717) is 5.88 Å². The molecule has 0 fully saturated rings. The zero-order valence-electron chi connectivity index (χ0n) is 9.10. The third-order valence-corrected chi connectivity index (χ3v) is 2.19. The van der Waals surface area contributed by atoms with E-state index in [2.05, 4.69) is 20.3 Å². The molecule has 0 aliphatic rings. The molecule has 2 heterocycles. The lowest BCUT2D eigenvalue weighted by molar-refractivity contribution is 0.398. The number of aromatic nitrogens is 3. The first-order chi connectivity index (χ1) is 7.88. The number of hydrogen-bond acceptors (Lipinski definition) is 4. The molecule has 16 heavy (non-hydrogen) atoms. The number of nitrogens with one attached hydrogen (secondary N) is 2. The van der Waals surface area contributed by atoms with Gasteiger partial charge in [-0.15, -0.1) is 0 Å². The van der Waals surface area contributed by atoms with Gasteiger partial charge in [-0.2, -0.15) is 0 Å². The Morgan fingerprint density at radius 1 is 1.38 bits per heavy atom. The number of hydrogen-bond donors (Lipinski definition) is 2. The smallest absolute Gasteiger partial charge is 0.214 e. The number of ether oxygens (including phenoxy) is 1. The first-order valence-corrected chi connectivity index (χ1v) is 5.10. The Balaban J connectivity index is 1.85. The molecule has 0 bridgehead atoms. The molecular weight excluding hydrogens is 204 g/mol. The van der Waals surface area contributed by atoms with E-state index in [1.54, 1.807) is 19.5 Å². The van der Waals surface area contributed by atoms with Crippen molar-refractivity contribution in [2.75, 3.05) is 19.0 Å². The van der Waals surface area contributed by atoms with Gasteiger partial charge in [-0.1, -0.05) is 0 Å². The summed E-state index contributed by atoms with van der Waals surface area (Å²) in [5, 5.41) is 3.28. The molecule has 0 aliphatic carbocycles. The fourth-order valence-corrected chi connectivity index (χ4v) is 1.39. The van der Waals surface area contributed by atoms with Crippen LogP contribution in [0.5, 0.6) is 5.88 Å². The second-order valence-electron chi connectivity index (χ2n) is 3.30. The van der Waals surface area contributed by atoms with E-state index in [-0.39, 0.29) is 0 Å². The first kappa shape index (κ1) is 10.5. The minimum Gasteiger partial charge on any atom is -0.481 e. The number of methoxy groups -OCH3 is 1. The van der Waals surface area contributed by atoms with Crippen molar-refractivity contribution in [1.29, 1.82) is 0 Å². The maximum Gasteiger partial charge on any atom is 0.214 e. The SMILES string of the molecule is COc1cc(NCCc2ncc[nH]2)ccn1. The molecule has 0 unspecified atom stereocenters. The molecule has 5 heteroatoms. The predicted octanol–water partition coefficient (Wildman–Crippen LogP) is 1.47. The van der Waals surface area contributed by atoms with Crippen molar-refractivity contribution in [3.63, 3.8) is 0 Å². The van der Waals surface area contributed by atoms with Crippen LogP contribution in [0.2, 0.25) is 0 Å². The molecule has 0 aliphatic heterocycles. The third kappa shape index (κ3) is 2.73. The Hall–Kier alpha value is -2.04. The molecule has 0 amide bonds. The van der Waals surface area contributed by atoms with E-state index in [0.717, 1.165) is 24.5 Å². The van der Waals surface area contributed by atoms with Gasteiger partial charge in [0.15, 0.2) is 0 Å². The van der Waals surface area contributed by atoms with Crippen LogP contribution in [0.1, 0.15) is 5.82 Å². The van der Waals surface area contributed by atoms with E-state index >= 15 is 0 Å². The number of rotatable bonds is 5. The largest absolute Gasteiger partial charge is 0.481 e. The molecule has 2 aromatic heterocycles. The van der Waals surface area contributed by atoms with Gasteiger partial charge in [0.25, 0.3) is 0 Å². The highest BCUT2D eigenvalue weighted by molar-refractivity contribution is 5.44. The van der Waals surface area contributed by atoms with Gasteiger partial charge in [0.05, 0.1) is 7.11 Å². The number of imidazole rings is 1. The summed E-state index contributed by atoms with van der Waals surface area (Å²) in [7, 11) is 1.61. The molecule has 0 radical (unpaired) electrons. The summed E-state index contributed by atoms with van der Waals surface area (Å²) < 4.78 is 5.04. The monoisotopic (exact) mass is 218 g/mol. The number of nitrogens with zero attached hydrogens (tertiary/aromatic N) is 2. The Bertz CT molecular complexity index is 427. The molecule has 0 aromatic carbocycles. The van der Waals surface area contributed by atoms with E-state index in [1.165, 1.54) is 0 Å². The van der Waals surface area contributed by atoms with Crippen LogP contribution in [0.15, 0.2) is 30.7 Å². The Kier molecular flexibility index (Phi) is 3.38. The number of anilines is 1. The molecule has 2 N–H and O–H groups in total. The topological polar surface area (TPSA) is 62.8 Å². The Morgan fingerprint density at radius 2 is 2.31 bits per heavy atom. The van der Waals surface area contributed by atoms with Crippen LogP contribution in [0.4, 0.5) is 5.69 Å². The zero-order valence-corrected chi connectivity index (χ0v) is 9.10. The standard InChI is InChI=1S/C11H14N4O/c1-16-11-8-9(2-4-15-11)12-5-3-10-13-6-7-14-10/h2,4,6-8H,3,5H2,1H3,(H,12,15)(H,13,14). The normalized spacial score (nSPS) is 10.1. The highest BCUT2D eigenvalue weighted by atomic mass is 16.5. The van der Waals surface area contributed by atoms with Gasteiger partial charge in [-0.25, -0.2) is 9.97 Å². The Labute approximate surface area is 93.9 Å². The van der Waals surface area contributed by atoms with Gasteiger partial charge >= 0.3 is 0 Å². The van der Waals surface area contributed by atoms with Crippen molar-refractivity contribution in [2.24, 2.45) is 0 Å². The third-order valence-electron chi connectivity index (χ3n) is 2.19. The minimum absolute atomic E-state index is 0.614. The quantitative estimate of drug-likeness (QED) is 0.797. The van der Waals surface area contributed by atoms with Crippen LogP contribution in [-0.4, -0.2) is 28.6 Å². The van der Waals surface area contributed by atoms with Crippen LogP contribution in [0.3, 0.4) is 0 Å². The molecule has 2 rings (SSSR count). The number of pyridine rings is 1. The highest BCUT2D eigenvalue weighted by Gasteiger charge is 1.97. The molecule has 2 aromatic rings. The fraction of sp³-hybridized carbons (Fsp3) is 0.273. The lowest BCUT2D eigenvalue weighted by atomic mass is 10.3. The van der Waals surface area contributed by atoms with Gasteiger partial charge in [0.2, 0.25) is 5.88 Å². The van der Waals surface area contributed by atoms with Crippen molar-refractivity contribution in [3.05, 3.63) is 36.5 Å². The molecule has 0 spiro atoms. The van der Waals surface area contributed by atoms with Crippen molar-refractivity contribution >= 4 is 5.69 Å². The van der Waals surface area contributed by atoms with Crippen molar-refractivity contribution in [1.82, 2.24) is 15.0 Å². The van der Waals surface area contributed by atoms with Crippen molar-refractivity contribution in [3.8, 4) is 5.88 Å². The van der Waals surface area contributed by atoms with E-state index in [4.69, 9.17) is 4.74 Å². The summed E-state index contributed by atoms with van der Waals surface area (Å²) in [4.78, 5) is 11.2. The highest BCUT2D eigenvalue weighted by Crippen LogP contribution is 2.12. The lowest BCUT2D eigenvalue weighted by Gasteiger charge is -2.06. The van der Waals surface area contributed by atoms with Gasteiger partial charge in [0.1, 0.15) is 5.82 Å². The van der Waals surface area contributed by atoms with E-state index < -0.39 is 0 Å². The minimum atomic E-state index is 0.614. The summed E-state index contributed by atoms with van der Waals surface area (Å²) in [6.45, 7) is 0.820. The van der Waals surface area contributed by atoms with Crippen LogP contribution in [-0.2, 0) is 6.42 Å². The van der Waals surface area contributed by atoms with Gasteiger partial charge < -0.3 is 15.0 Å². The van der Waals surface area contributed by atoms with Crippen LogP contribution >= 0.6 is 0 Å². The van der Waals surface area contributed by atoms with Gasteiger partial charge in [0, 0.05) is 43.3 Å². The molecule has 5 nitrogen and oxygen atoms in total. The number of aromatic amines is 1. The molecule has 0 atom stereocenters. The molecule has 84 valence electrons. The predicted molar refractivity (Wildman–Crippen MR) is 61.6 cm³/mol. The molecule has 0 saturated carbocycles. The fourth-order valence-electron chi connectivity index (χ4n) is 1.39. The van der Waals surface area contributed by atoms with E-state index in [1.807, 2.05) is 18.3 Å². The van der Waals surface area contributed by atoms with Crippen LogP contribution in [0, 0.1) is 0 Å².